The first-order valence-corrected chi connectivity index (χ1v) is 67.4. The Kier molecular flexibility index (Phi) is 47.1. The van der Waals surface area contributed by atoms with Gasteiger partial charge >= 0.3 is 34.1 Å². The van der Waals surface area contributed by atoms with Crippen LogP contribution < -0.4 is 67.5 Å². The van der Waals surface area contributed by atoms with E-state index >= 15 is 0 Å². The van der Waals surface area contributed by atoms with Crippen molar-refractivity contribution in [1.29, 1.82) is 0 Å². The van der Waals surface area contributed by atoms with Gasteiger partial charge in [0, 0.05) is 80.6 Å². The van der Waals surface area contributed by atoms with Crippen LogP contribution in [0, 0.1) is 0 Å². The number of methoxy groups -OCH3 is 1. The van der Waals surface area contributed by atoms with Crippen molar-refractivity contribution >= 4 is 79.1 Å². The van der Waals surface area contributed by atoms with E-state index in [9.17, 15) is 114 Å². The van der Waals surface area contributed by atoms with Crippen molar-refractivity contribution in [2.24, 2.45) is 0 Å². The van der Waals surface area contributed by atoms with Gasteiger partial charge in [0.2, 0.25) is 0 Å². The Morgan fingerprint density at radius 1 is 0.322 bits per heavy atom. The molecule has 6 fully saturated rings. The Hall–Kier alpha value is -7.36. The smallest absolute Gasteiger partial charge is 0.330 e. The number of nitrogens with one attached hydrogen (secondary N) is 6. The Morgan fingerprint density at radius 3 is 0.911 bits per heavy atom. The number of aromatic nitrogens is 12. The normalized spacial score (nSPS) is 27.3. The Morgan fingerprint density at radius 2 is 0.603 bits per heavy atom. The summed E-state index contributed by atoms with van der Waals surface area (Å²) in [6, 6.07) is 0. The van der Waals surface area contributed by atoms with Crippen molar-refractivity contribution in [3.05, 3.63) is 221 Å². The van der Waals surface area contributed by atoms with Crippen LogP contribution in [0.5, 0.6) is 0 Å². The summed E-state index contributed by atoms with van der Waals surface area (Å²) >= 11 is 0. The third-order valence-electron chi connectivity index (χ3n) is 25.5. The number of hydrogen-bond donors (Lipinski definition) is 17. The van der Waals surface area contributed by atoms with Crippen molar-refractivity contribution < 1.29 is 89.3 Å². The monoisotopic (exact) mass is 2170 g/mol. The molecule has 12 heterocycles. The minimum Gasteiger partial charge on any atom is -0.388 e. The summed E-state index contributed by atoms with van der Waals surface area (Å²) in [6.45, 7) is 33.4. The van der Waals surface area contributed by atoms with E-state index in [1.165, 1.54) is 67.1 Å². The molecule has 12 rings (SSSR count). The summed E-state index contributed by atoms with van der Waals surface area (Å²) in [5.41, 5.74) is -4.58. The van der Waals surface area contributed by atoms with Gasteiger partial charge in [-0.25, -0.2) is 28.8 Å². The van der Waals surface area contributed by atoms with Gasteiger partial charge in [-0.1, -0.05) is 52.7 Å². The summed E-state index contributed by atoms with van der Waals surface area (Å²) in [5.74, 6) is 0. The first-order valence-electron chi connectivity index (χ1n) is 49.1. The molecule has 6 aromatic rings. The van der Waals surface area contributed by atoms with Gasteiger partial charge in [0.15, 0.2) is 18.7 Å². The number of aryl methyl sites for hydroxylation is 5. The summed E-state index contributed by atoms with van der Waals surface area (Å²) in [4.78, 5) is 157. The zero-order valence-electron chi connectivity index (χ0n) is 87.4. The molecule has 42 nitrogen and oxygen atoms in total. The van der Waals surface area contributed by atoms with Gasteiger partial charge in [0.1, 0.15) is 91.6 Å². The van der Waals surface area contributed by atoms with Gasteiger partial charge in [-0.05, 0) is 194 Å². The topological polar surface area (TPSA) is 616 Å². The van der Waals surface area contributed by atoms with E-state index in [0.717, 1.165) is 67.2 Å². The molecule has 0 aliphatic carbocycles. The standard InChI is InChI=1S/2C17H27N2O5P.C17H29N2O5P.2C16H27N2O5P.C15H25N2O5P/c1-6-8-19-10-11(16(21)18-17(19)22)14-15(23-2)13(20)12(24-14)7-9-25(3,4)5;1-5-6-8-19-10-11(16(22)18-17(19)23)15-14(21)13(20)12(24-15)7-9-25(2,3)4;1-5-6-7-11-10-19(17(23)18-15(11)22)16-14(21)13(20)12(24-16)8-9-25(2,3)4;1-5-7-18-9-10(15(21)17-16(18)22)14-13(20)12(19)11(23-14)6-8-24(2,3)4;1-5-6-10-9-18(16(22)17-14(10)21)15-13(20)12(19)11(23-15)7-8-24(2,3)4;1-5-9-8-17(15(21)16-13(9)20)14-12(19)11(18)10(22-14)6-7-23(2,3)4/h6,10,12-15,20H,1,3,7-9H2,2,4-5H3,(H,18,21,22);5,10,12-15,20-21H,1-2,6-9H2,3-4H3,(H,18,22,23);10,12-14,16,20-21H,2,5-9H2,1,3-4H3,(H,18,22,23);9,11-14,19-20H,2,5-8H2,1,3-4H3,(H,17,21,22);9,11-13,15,19-20H,2,5-8H2,1,3-4H3,(H,17,21,22);8,10-12,14,18-19H,2,5-7H2,1,3-4H3,(H,16,20,21)/t12-,13-,14+,15-;12-,13-,14-,15+;12-,13-,14-,16-;11-,12-,13-,14+;11-,12-,13-,15-;10-,11-,12-,14-/m111111/s1. The predicted molar refractivity (Wildman–Crippen MR) is 589 cm³/mol. The van der Waals surface area contributed by atoms with E-state index in [1.54, 1.807) is 19.1 Å². The number of hydrogen-bond acceptors (Lipinski definition) is 30. The molecule has 0 amide bonds. The van der Waals surface area contributed by atoms with Crippen LogP contribution in [0.15, 0.2) is 120 Å². The highest BCUT2D eigenvalue weighted by Crippen LogP contribution is 2.47. The van der Waals surface area contributed by atoms with Gasteiger partial charge in [-0.3, -0.25) is 81.5 Å². The van der Waals surface area contributed by atoms with Crippen molar-refractivity contribution in [2.45, 2.75) is 284 Å². The van der Waals surface area contributed by atoms with Crippen LogP contribution in [0.2, 0.25) is 0 Å². The van der Waals surface area contributed by atoms with E-state index in [4.69, 9.17) is 33.2 Å². The van der Waals surface area contributed by atoms with Crippen LogP contribution in [-0.2, 0) is 72.1 Å². The maximum Gasteiger partial charge on any atom is 0.330 e. The fraction of sp³-hybridized carbons (Fsp3) is 0.653. The lowest BCUT2D eigenvalue weighted by Gasteiger charge is -2.19. The van der Waals surface area contributed by atoms with Crippen molar-refractivity contribution in [1.82, 2.24) is 57.3 Å². The summed E-state index contributed by atoms with van der Waals surface area (Å²) < 4.78 is 47.7. The number of aliphatic hydroxyl groups is 11. The maximum atomic E-state index is 12.3. The van der Waals surface area contributed by atoms with Gasteiger partial charge in [-0.15, -0.1) is 92.3 Å². The maximum absolute atomic E-state index is 12.3. The summed E-state index contributed by atoms with van der Waals surface area (Å²) in [6.07, 6.45) is 28.4. The minimum atomic E-state index is -1.29. The lowest BCUT2D eigenvalue weighted by Crippen LogP contribution is -2.38. The number of rotatable bonds is 38. The van der Waals surface area contributed by atoms with E-state index in [0.29, 0.717) is 94.0 Å². The van der Waals surface area contributed by atoms with Crippen molar-refractivity contribution in [3.63, 3.8) is 0 Å². The fourth-order valence-corrected chi connectivity index (χ4v) is 22.8. The fourth-order valence-electron chi connectivity index (χ4n) is 17.1. The van der Waals surface area contributed by atoms with E-state index in [1.807, 2.05) is 20.8 Å². The molecule has 0 saturated carbocycles. The molecule has 0 unspecified atom stereocenters. The SMILES string of the molecule is C=CCCn1cc([C@@H]2O[C@H](CCP(=C)(C)C)[C@@H](O)[C@H]2O)c(=O)[nH]c1=O.C=CCn1cc([C@@H]2O[C@H](CCP(=C)(C)C)[C@@H](O)[C@H]2OC)c(=O)[nH]c1=O.C=P(C)(C)CC[C@H]1O[C@@H](c2cn(CCC)c(=O)[nH]c2=O)[C@H](O)[C@@H]1O.C=P(C)(C)CC[C@H]1O[C@@H](n2cc(CC)c(=O)[nH]c2=O)[C@H](O)[C@@H]1O.C=P(C)(C)CC[C@H]1O[C@@H](n2cc(CCC)c(=O)[nH]c2=O)[C@H](O)[C@@H]1O.C=P(C)(C)CC[C@H]1O[C@@H](n2cc(CCCC)c(=O)[nH]c2=O)[C@H](O)[C@@H]1O. The molecule has 146 heavy (non-hydrogen) atoms. The molecule has 17 N–H and O–H groups in total. The number of allylic oxidation sites excluding steroid dienone is 2. The number of aliphatic hydroxyl groups excluding tert-OH is 11. The van der Waals surface area contributed by atoms with E-state index in [-0.39, 0.29) is 23.2 Å². The highest BCUT2D eigenvalue weighted by Gasteiger charge is 2.51. The molecule has 6 aliphatic rings. The van der Waals surface area contributed by atoms with Crippen LogP contribution >= 0.6 is 41.3 Å². The Labute approximate surface area is 850 Å². The molecule has 48 heteroatoms. The van der Waals surface area contributed by atoms with E-state index in [2.05, 4.69) is 161 Å². The second-order valence-electron chi connectivity index (χ2n) is 42.4. The first kappa shape index (κ1) is 126. The van der Waals surface area contributed by atoms with Crippen LogP contribution in [0.3, 0.4) is 0 Å². The lowest BCUT2D eigenvalue weighted by atomic mass is 10.0. The van der Waals surface area contributed by atoms with E-state index < -0.39 is 256 Å². The van der Waals surface area contributed by atoms with Gasteiger partial charge in [-0.2, -0.15) is 0 Å². The average molecular weight is 2170 g/mol. The zero-order chi connectivity index (χ0) is 110. The average Bonchev–Trinajstić information content (AvgIpc) is 1.64. The zero-order valence-corrected chi connectivity index (χ0v) is 92.8. The molecule has 0 aromatic carbocycles. The largest absolute Gasteiger partial charge is 0.388 e. The molecule has 0 spiro atoms. The van der Waals surface area contributed by atoms with Crippen LogP contribution in [0.4, 0.5) is 0 Å². The number of aromatic amines is 6. The van der Waals surface area contributed by atoms with Gasteiger partial charge < -0.3 is 93.9 Å². The number of unbranched alkanes of at least 4 members (excludes halogenated alkanes) is 1. The summed E-state index contributed by atoms with van der Waals surface area (Å²) in [7, 11) is 1.47. The third kappa shape index (κ3) is 35.6. The Bertz CT molecular complexity index is 6350. The molecule has 824 valence electrons. The van der Waals surface area contributed by atoms with Crippen LogP contribution in [0.25, 0.3) is 0 Å². The second-order valence-corrected chi connectivity index (χ2v) is 68.3. The molecule has 6 aliphatic heterocycles. The molecular formula is C98H162N12O30P6. The minimum absolute atomic E-state index is 0.140. The quantitative estimate of drug-likeness (QED) is 0.0194. The predicted octanol–water partition coefficient (Wildman–Crippen LogP) is 1.84. The third-order valence-corrected chi connectivity index (χ3v) is 34.3. The molecule has 0 radical (unpaired) electrons. The molecule has 24 atom stereocenters. The molecule has 0 bridgehead atoms. The first-order chi connectivity index (χ1) is 67.9. The highest BCUT2D eigenvalue weighted by molar-refractivity contribution is 7.73. The number of H-pyrrole nitrogens is 6. The van der Waals surface area contributed by atoms with Gasteiger partial charge in [0.05, 0.1) is 53.3 Å². The Balaban J connectivity index is 0.000000237. The highest BCUT2D eigenvalue weighted by atomic mass is 31.2. The molecular weight excluding hydrogens is 2010 g/mol. The number of ether oxygens (including phenoxy) is 7. The number of nitrogens with zero attached hydrogens (tertiary/aromatic N) is 6. The lowest BCUT2D eigenvalue weighted by molar-refractivity contribution is -0.0404. The van der Waals surface area contributed by atoms with Crippen molar-refractivity contribution in [2.75, 3.05) is 124 Å². The molecule has 6 aromatic heterocycles. The van der Waals surface area contributed by atoms with Crippen LogP contribution in [-0.4, -0.2) is 385 Å². The van der Waals surface area contributed by atoms with Crippen molar-refractivity contribution in [3.8, 4) is 0 Å². The van der Waals surface area contributed by atoms with Gasteiger partial charge in [0.25, 0.3) is 33.4 Å². The summed E-state index contributed by atoms with van der Waals surface area (Å²) in [5, 5.41) is 113. The molecule has 6 saturated heterocycles. The second kappa shape index (κ2) is 54.8. The van der Waals surface area contributed by atoms with Crippen LogP contribution in [0.1, 0.15) is 169 Å².